The zero-order valence-corrected chi connectivity index (χ0v) is 22.4. The first-order chi connectivity index (χ1) is 20.4. The third-order valence-corrected chi connectivity index (χ3v) is 6.19. The molecule has 0 aliphatic heterocycles. The summed E-state index contributed by atoms with van der Waals surface area (Å²) in [6.07, 6.45) is 3.05. The van der Waals surface area contributed by atoms with Gasteiger partial charge in [-0.15, -0.1) is 0 Å². The van der Waals surface area contributed by atoms with Gasteiger partial charge in [-0.05, 0) is 67.6 Å². The molecule has 0 aliphatic rings. The normalized spacial score (nSPS) is 10.8. The van der Waals surface area contributed by atoms with Crippen LogP contribution in [0.15, 0.2) is 114 Å². The Morgan fingerprint density at radius 3 is 2.24 bits per heavy atom. The topological polar surface area (TPSA) is 117 Å². The first-order valence-corrected chi connectivity index (χ1v) is 12.9. The summed E-state index contributed by atoms with van der Waals surface area (Å²) in [5, 5.41) is 13.8. The number of hydrogen-bond donors (Lipinski definition) is 3. The van der Waals surface area contributed by atoms with Crippen molar-refractivity contribution < 1.29 is 18.8 Å². The van der Waals surface area contributed by atoms with Crippen molar-refractivity contribution in [2.45, 2.75) is 6.92 Å². The Morgan fingerprint density at radius 1 is 0.810 bits per heavy atom. The fourth-order valence-corrected chi connectivity index (χ4v) is 4.04. The highest BCUT2D eigenvalue weighted by Crippen LogP contribution is 2.23. The average molecular weight is 561 g/mol. The summed E-state index contributed by atoms with van der Waals surface area (Å²) in [5.74, 6) is -2.89. The van der Waals surface area contributed by atoms with E-state index in [1.807, 2.05) is 49.4 Å². The molecule has 9 nitrogen and oxygen atoms in total. The standard InChI is InChI=1S/C32H25FN6O3/c1-21-11-17-25(18-12-21)35-30(40)27-9-5-6-10-28(27)36-31(41)32(42)37-34-19-23-20-39(26-7-3-2-4-8-26)38-29(23)22-13-15-24(33)16-14-22/h2-20H,1H3,(H,35,40)(H,36,41)(H,37,42). The van der Waals surface area contributed by atoms with E-state index < -0.39 is 17.7 Å². The van der Waals surface area contributed by atoms with Gasteiger partial charge in [-0.3, -0.25) is 14.4 Å². The molecule has 3 amide bonds. The second kappa shape index (κ2) is 12.5. The number of aryl methyl sites for hydroxylation is 1. The maximum absolute atomic E-state index is 13.5. The number of rotatable bonds is 7. The molecular weight excluding hydrogens is 535 g/mol. The molecule has 0 spiro atoms. The number of nitrogens with one attached hydrogen (secondary N) is 3. The minimum Gasteiger partial charge on any atom is -0.322 e. The van der Waals surface area contributed by atoms with Crippen molar-refractivity contribution in [2.75, 3.05) is 10.6 Å². The highest BCUT2D eigenvalue weighted by molar-refractivity contribution is 6.40. The Labute approximate surface area is 240 Å². The lowest BCUT2D eigenvalue weighted by molar-refractivity contribution is -0.136. The molecule has 5 aromatic rings. The van der Waals surface area contributed by atoms with E-state index in [0.29, 0.717) is 22.5 Å². The van der Waals surface area contributed by atoms with Gasteiger partial charge in [-0.25, -0.2) is 14.5 Å². The summed E-state index contributed by atoms with van der Waals surface area (Å²) < 4.78 is 15.1. The lowest BCUT2D eigenvalue weighted by Gasteiger charge is -2.11. The number of aromatic nitrogens is 2. The minimum absolute atomic E-state index is 0.161. The first-order valence-electron chi connectivity index (χ1n) is 12.9. The Hall–Kier alpha value is -5.90. The van der Waals surface area contributed by atoms with Crippen LogP contribution in [0, 0.1) is 12.7 Å². The summed E-state index contributed by atoms with van der Waals surface area (Å²) in [4.78, 5) is 38.1. The van der Waals surface area contributed by atoms with Crippen molar-refractivity contribution in [3.8, 4) is 16.9 Å². The molecule has 42 heavy (non-hydrogen) atoms. The number of carbonyl (C=O) groups excluding carboxylic acids is 3. The lowest BCUT2D eigenvalue weighted by Crippen LogP contribution is -2.33. The van der Waals surface area contributed by atoms with Crippen molar-refractivity contribution >= 4 is 35.3 Å². The largest absolute Gasteiger partial charge is 0.329 e. The van der Waals surface area contributed by atoms with Gasteiger partial charge in [0.2, 0.25) is 0 Å². The van der Waals surface area contributed by atoms with E-state index in [0.717, 1.165) is 11.3 Å². The van der Waals surface area contributed by atoms with E-state index in [-0.39, 0.29) is 17.1 Å². The van der Waals surface area contributed by atoms with Crippen molar-refractivity contribution in [2.24, 2.45) is 5.10 Å². The van der Waals surface area contributed by atoms with E-state index in [9.17, 15) is 18.8 Å². The van der Waals surface area contributed by atoms with Gasteiger partial charge in [0.15, 0.2) is 0 Å². The second-order valence-corrected chi connectivity index (χ2v) is 9.24. The van der Waals surface area contributed by atoms with Crippen LogP contribution < -0.4 is 16.1 Å². The monoisotopic (exact) mass is 560 g/mol. The zero-order chi connectivity index (χ0) is 29.5. The molecule has 0 radical (unpaired) electrons. The molecule has 1 heterocycles. The molecule has 0 saturated carbocycles. The van der Waals surface area contributed by atoms with Gasteiger partial charge in [0.1, 0.15) is 11.5 Å². The number of halogens is 1. The summed E-state index contributed by atoms with van der Waals surface area (Å²) >= 11 is 0. The third-order valence-electron chi connectivity index (χ3n) is 6.19. The van der Waals surface area contributed by atoms with E-state index in [2.05, 4.69) is 26.3 Å². The third kappa shape index (κ3) is 6.62. The van der Waals surface area contributed by atoms with E-state index in [1.54, 1.807) is 47.3 Å². The number of hydrogen-bond acceptors (Lipinski definition) is 5. The highest BCUT2D eigenvalue weighted by atomic mass is 19.1. The molecule has 0 aliphatic carbocycles. The number of amides is 3. The Morgan fingerprint density at radius 2 is 1.50 bits per heavy atom. The molecule has 0 fully saturated rings. The Kier molecular flexibility index (Phi) is 8.24. The van der Waals surface area contributed by atoms with Gasteiger partial charge in [0.05, 0.1) is 23.2 Å². The molecule has 10 heteroatoms. The molecule has 0 atom stereocenters. The fourth-order valence-electron chi connectivity index (χ4n) is 4.04. The molecule has 208 valence electrons. The van der Waals surface area contributed by atoms with Crippen LogP contribution in [-0.2, 0) is 9.59 Å². The summed E-state index contributed by atoms with van der Waals surface area (Å²) in [7, 11) is 0. The summed E-state index contributed by atoms with van der Waals surface area (Å²) in [5.41, 5.74) is 6.62. The SMILES string of the molecule is Cc1ccc(NC(=O)c2ccccc2NC(=O)C(=O)NN=Cc2cn(-c3ccccc3)nc2-c2ccc(F)cc2)cc1. The number of nitrogens with zero attached hydrogens (tertiary/aromatic N) is 3. The van der Waals surface area contributed by atoms with Gasteiger partial charge < -0.3 is 10.6 Å². The highest BCUT2D eigenvalue weighted by Gasteiger charge is 2.18. The van der Waals surface area contributed by atoms with Crippen molar-refractivity contribution in [1.82, 2.24) is 15.2 Å². The van der Waals surface area contributed by atoms with Crippen LogP contribution in [0.25, 0.3) is 16.9 Å². The molecule has 1 aromatic heterocycles. The Balaban J connectivity index is 1.29. The number of hydrazone groups is 1. The zero-order valence-electron chi connectivity index (χ0n) is 22.4. The van der Waals surface area contributed by atoms with Gasteiger partial charge in [0.25, 0.3) is 5.91 Å². The van der Waals surface area contributed by atoms with Gasteiger partial charge in [-0.2, -0.15) is 10.2 Å². The van der Waals surface area contributed by atoms with Gasteiger partial charge in [0, 0.05) is 23.0 Å². The second-order valence-electron chi connectivity index (χ2n) is 9.24. The van der Waals surface area contributed by atoms with Crippen molar-refractivity contribution in [3.63, 3.8) is 0 Å². The van der Waals surface area contributed by atoms with Crippen LogP contribution in [-0.4, -0.2) is 33.7 Å². The summed E-state index contributed by atoms with van der Waals surface area (Å²) in [6.45, 7) is 1.94. The van der Waals surface area contributed by atoms with Crippen LogP contribution >= 0.6 is 0 Å². The van der Waals surface area contributed by atoms with Crippen LogP contribution in [0.5, 0.6) is 0 Å². The first kappa shape index (κ1) is 27.7. The smallest absolute Gasteiger partial charge is 0.322 e. The van der Waals surface area contributed by atoms with Crippen LogP contribution in [0.2, 0.25) is 0 Å². The molecule has 0 unspecified atom stereocenters. The fraction of sp³-hybridized carbons (Fsp3) is 0.0312. The number of benzene rings is 4. The molecular formula is C32H25FN6O3. The molecule has 3 N–H and O–H groups in total. The number of para-hydroxylation sites is 2. The molecule has 0 saturated heterocycles. The van der Waals surface area contributed by atoms with Crippen LogP contribution in [0.3, 0.4) is 0 Å². The predicted molar refractivity (Wildman–Crippen MR) is 159 cm³/mol. The van der Waals surface area contributed by atoms with E-state index >= 15 is 0 Å². The average Bonchev–Trinajstić information content (AvgIpc) is 3.43. The van der Waals surface area contributed by atoms with E-state index in [1.165, 1.54) is 30.5 Å². The van der Waals surface area contributed by atoms with E-state index in [4.69, 9.17) is 0 Å². The molecule has 4 aromatic carbocycles. The van der Waals surface area contributed by atoms with Gasteiger partial charge >= 0.3 is 11.8 Å². The quantitative estimate of drug-likeness (QED) is 0.142. The van der Waals surface area contributed by atoms with Crippen LogP contribution in [0.1, 0.15) is 21.5 Å². The van der Waals surface area contributed by atoms with Crippen LogP contribution in [0.4, 0.5) is 15.8 Å². The van der Waals surface area contributed by atoms with Crippen molar-refractivity contribution in [1.29, 1.82) is 0 Å². The lowest BCUT2D eigenvalue weighted by atomic mass is 10.1. The number of anilines is 2. The maximum atomic E-state index is 13.5. The summed E-state index contributed by atoms with van der Waals surface area (Å²) in [6, 6.07) is 28.8. The predicted octanol–water partition coefficient (Wildman–Crippen LogP) is 5.33. The number of carbonyl (C=O) groups is 3. The minimum atomic E-state index is -1.04. The maximum Gasteiger partial charge on any atom is 0.329 e. The Bertz CT molecular complexity index is 1760. The van der Waals surface area contributed by atoms with Gasteiger partial charge in [-0.1, -0.05) is 48.0 Å². The molecule has 0 bridgehead atoms. The molecule has 5 rings (SSSR count). The van der Waals surface area contributed by atoms with Crippen molar-refractivity contribution in [3.05, 3.63) is 132 Å².